The van der Waals surface area contributed by atoms with Gasteiger partial charge in [0.15, 0.2) is 6.10 Å². The Kier molecular flexibility index (Phi) is 7.84. The van der Waals surface area contributed by atoms with Crippen LogP contribution in [0.4, 0.5) is 0 Å². The van der Waals surface area contributed by atoms with E-state index in [4.69, 9.17) is 10.2 Å². The second kappa shape index (κ2) is 8.53. The van der Waals surface area contributed by atoms with Crippen LogP contribution in [0.5, 0.6) is 0 Å². The van der Waals surface area contributed by atoms with Crippen LogP contribution in [0.2, 0.25) is 0 Å². The summed E-state index contributed by atoms with van der Waals surface area (Å²) in [5.41, 5.74) is 0. The Morgan fingerprint density at radius 1 is 1.32 bits per heavy atom. The maximum atomic E-state index is 11.0. The molecule has 0 aromatic rings. The number of hydrogen-bond donors (Lipinski definition) is 5. The maximum Gasteiger partial charge on any atom is 0.303 e. The van der Waals surface area contributed by atoms with Crippen molar-refractivity contribution >= 4 is 18.2 Å². The molecule has 0 aromatic carbocycles. The lowest BCUT2D eigenvalue weighted by Crippen LogP contribution is -2.55. The molecule has 0 fully saturated rings. The Bertz CT molecular complexity index is 321. The minimum atomic E-state index is -1.79. The third-order valence-electron chi connectivity index (χ3n) is 2.19. The summed E-state index contributed by atoms with van der Waals surface area (Å²) in [6.45, 7) is -0.741. The maximum absolute atomic E-state index is 11.0. The van der Waals surface area contributed by atoms with Crippen molar-refractivity contribution in [2.75, 3.05) is 13.2 Å². The van der Waals surface area contributed by atoms with Gasteiger partial charge < -0.3 is 35.3 Å². The standard InChI is InChI=1S/C10H17NO8/c1-5(15)19-10(9(18)7(16)3-13)6(2-12)11-8(17)4-14/h2,6-7,9-10,13-14,16,18H,3-4H2,1H3,(H,11,17)/t6-,7-,9-,10-/m1/s1. The first-order valence-electron chi connectivity index (χ1n) is 5.37. The number of carbonyl (C=O) groups is 3. The molecule has 19 heavy (non-hydrogen) atoms. The molecule has 1 amide bonds. The van der Waals surface area contributed by atoms with Crippen molar-refractivity contribution in [1.82, 2.24) is 5.32 Å². The molecule has 0 saturated heterocycles. The van der Waals surface area contributed by atoms with E-state index in [1.54, 1.807) is 0 Å². The second-order valence-electron chi connectivity index (χ2n) is 3.70. The zero-order valence-corrected chi connectivity index (χ0v) is 10.2. The van der Waals surface area contributed by atoms with Crippen LogP contribution in [0.1, 0.15) is 6.92 Å². The average molecular weight is 279 g/mol. The number of hydrogen-bond acceptors (Lipinski definition) is 8. The van der Waals surface area contributed by atoms with E-state index < -0.39 is 49.4 Å². The van der Waals surface area contributed by atoms with Gasteiger partial charge in [-0.3, -0.25) is 9.59 Å². The number of rotatable bonds is 8. The van der Waals surface area contributed by atoms with Gasteiger partial charge in [-0.1, -0.05) is 0 Å². The van der Waals surface area contributed by atoms with Gasteiger partial charge in [0.05, 0.1) is 6.61 Å². The fourth-order valence-corrected chi connectivity index (χ4v) is 1.30. The highest BCUT2D eigenvalue weighted by Crippen LogP contribution is 2.09. The van der Waals surface area contributed by atoms with E-state index >= 15 is 0 Å². The normalized spacial score (nSPS) is 16.9. The van der Waals surface area contributed by atoms with Crippen LogP contribution in [-0.2, 0) is 19.1 Å². The van der Waals surface area contributed by atoms with Crippen molar-refractivity contribution in [1.29, 1.82) is 0 Å². The largest absolute Gasteiger partial charge is 0.457 e. The lowest BCUT2D eigenvalue weighted by atomic mass is 10.0. The lowest BCUT2D eigenvalue weighted by Gasteiger charge is -2.29. The van der Waals surface area contributed by atoms with E-state index in [0.717, 1.165) is 6.92 Å². The molecule has 4 atom stereocenters. The molecule has 0 saturated carbocycles. The van der Waals surface area contributed by atoms with Crippen LogP contribution >= 0.6 is 0 Å². The summed E-state index contributed by atoms with van der Waals surface area (Å²) in [6, 6.07) is -1.47. The van der Waals surface area contributed by atoms with Crippen molar-refractivity contribution < 1.29 is 39.5 Å². The van der Waals surface area contributed by atoms with Gasteiger partial charge in [0.25, 0.3) is 0 Å². The Hall–Kier alpha value is -1.55. The van der Waals surface area contributed by atoms with Crippen molar-refractivity contribution in [3.05, 3.63) is 0 Å². The number of esters is 1. The van der Waals surface area contributed by atoms with Crippen LogP contribution in [0, 0.1) is 0 Å². The van der Waals surface area contributed by atoms with Crippen LogP contribution in [0.25, 0.3) is 0 Å². The topological polar surface area (TPSA) is 153 Å². The fourth-order valence-electron chi connectivity index (χ4n) is 1.30. The predicted octanol–water partition coefficient (Wildman–Crippen LogP) is -3.69. The summed E-state index contributed by atoms with van der Waals surface area (Å²) in [4.78, 5) is 32.7. The van der Waals surface area contributed by atoms with Crippen molar-refractivity contribution in [3.63, 3.8) is 0 Å². The van der Waals surface area contributed by atoms with Crippen LogP contribution in [0.15, 0.2) is 0 Å². The monoisotopic (exact) mass is 279 g/mol. The molecule has 9 heteroatoms. The number of carbonyl (C=O) groups excluding carboxylic acids is 3. The third kappa shape index (κ3) is 5.75. The Labute approximate surface area is 108 Å². The number of aldehydes is 1. The Morgan fingerprint density at radius 2 is 1.89 bits per heavy atom. The average Bonchev–Trinajstić information content (AvgIpc) is 2.40. The van der Waals surface area contributed by atoms with E-state index in [2.05, 4.69) is 4.74 Å². The van der Waals surface area contributed by atoms with Crippen LogP contribution in [-0.4, -0.2) is 76.2 Å². The first-order valence-corrected chi connectivity index (χ1v) is 5.37. The molecule has 110 valence electrons. The highest BCUT2D eigenvalue weighted by atomic mass is 16.6. The molecular formula is C10H17NO8. The van der Waals surface area contributed by atoms with E-state index in [-0.39, 0.29) is 6.29 Å². The first kappa shape index (κ1) is 17.4. The molecule has 0 unspecified atom stereocenters. The lowest BCUT2D eigenvalue weighted by molar-refractivity contribution is -0.163. The molecule has 0 rings (SSSR count). The minimum Gasteiger partial charge on any atom is -0.457 e. The van der Waals surface area contributed by atoms with E-state index in [1.165, 1.54) is 0 Å². The summed E-state index contributed by atoms with van der Waals surface area (Å²) in [7, 11) is 0. The number of aliphatic hydroxyl groups excluding tert-OH is 4. The minimum absolute atomic E-state index is 0.175. The molecule has 0 aromatic heterocycles. The van der Waals surface area contributed by atoms with Gasteiger partial charge in [-0.05, 0) is 0 Å². The van der Waals surface area contributed by atoms with Gasteiger partial charge >= 0.3 is 5.97 Å². The number of nitrogens with one attached hydrogen (secondary N) is 1. The predicted molar refractivity (Wildman–Crippen MR) is 59.7 cm³/mol. The molecular weight excluding hydrogens is 262 g/mol. The quantitative estimate of drug-likeness (QED) is 0.225. The summed E-state index contributed by atoms with van der Waals surface area (Å²) in [6.07, 6.45) is -4.87. The summed E-state index contributed by atoms with van der Waals surface area (Å²) in [5.74, 6) is -1.79. The van der Waals surface area contributed by atoms with Crippen molar-refractivity contribution in [2.24, 2.45) is 0 Å². The number of ether oxygens (including phenoxy) is 1. The molecule has 0 spiro atoms. The van der Waals surface area contributed by atoms with Gasteiger partial charge in [0.1, 0.15) is 31.1 Å². The van der Waals surface area contributed by atoms with E-state index in [1.807, 2.05) is 5.32 Å². The summed E-state index contributed by atoms with van der Waals surface area (Å²) < 4.78 is 4.65. The smallest absolute Gasteiger partial charge is 0.303 e. The van der Waals surface area contributed by atoms with Gasteiger partial charge in [-0.15, -0.1) is 0 Å². The van der Waals surface area contributed by atoms with Gasteiger partial charge in [-0.2, -0.15) is 0 Å². The first-order chi connectivity index (χ1) is 8.87. The molecule has 0 heterocycles. The van der Waals surface area contributed by atoms with E-state index in [9.17, 15) is 24.6 Å². The second-order valence-corrected chi connectivity index (χ2v) is 3.70. The molecule has 0 aliphatic carbocycles. The van der Waals surface area contributed by atoms with Gasteiger partial charge in [0, 0.05) is 6.92 Å². The zero-order valence-electron chi connectivity index (χ0n) is 10.2. The molecule has 9 nitrogen and oxygen atoms in total. The molecule has 0 aliphatic rings. The van der Waals surface area contributed by atoms with Gasteiger partial charge in [0.2, 0.25) is 5.91 Å². The molecule has 5 N–H and O–H groups in total. The van der Waals surface area contributed by atoms with Gasteiger partial charge in [-0.25, -0.2) is 0 Å². The third-order valence-corrected chi connectivity index (χ3v) is 2.19. The number of aliphatic hydroxyl groups is 4. The SMILES string of the molecule is CC(=O)O[C@@H]([C@H](O)[C@H](O)CO)[C@@H](C=O)NC(=O)CO. The fraction of sp³-hybridized carbons (Fsp3) is 0.700. The number of amides is 1. The van der Waals surface area contributed by atoms with Crippen LogP contribution in [0.3, 0.4) is 0 Å². The van der Waals surface area contributed by atoms with E-state index in [0.29, 0.717) is 0 Å². The molecule has 0 aliphatic heterocycles. The highest BCUT2D eigenvalue weighted by Gasteiger charge is 2.36. The van der Waals surface area contributed by atoms with Crippen LogP contribution < -0.4 is 5.32 Å². The molecule has 0 bridgehead atoms. The zero-order chi connectivity index (χ0) is 15.0. The Balaban J connectivity index is 5.01. The van der Waals surface area contributed by atoms with Crippen molar-refractivity contribution in [2.45, 2.75) is 31.3 Å². The summed E-state index contributed by atoms with van der Waals surface area (Å²) >= 11 is 0. The van der Waals surface area contributed by atoms with Crippen molar-refractivity contribution in [3.8, 4) is 0 Å². The summed E-state index contributed by atoms with van der Waals surface area (Å²) in [5, 5.41) is 38.2. The molecule has 0 radical (unpaired) electrons. The Morgan fingerprint density at radius 3 is 2.26 bits per heavy atom. The highest BCUT2D eigenvalue weighted by molar-refractivity contribution is 5.81.